The Morgan fingerprint density at radius 1 is 1.07 bits per heavy atom. The molecule has 0 spiro atoms. The van der Waals surface area contributed by atoms with E-state index in [0.717, 1.165) is 16.3 Å². The largest absolute Gasteiger partial charge is 0.476 e. The zero-order valence-corrected chi connectivity index (χ0v) is 22.4. The molecule has 1 amide bonds. The molecular formula is C30H22ClN5O5. The summed E-state index contributed by atoms with van der Waals surface area (Å²) in [5.41, 5.74) is 1.74. The van der Waals surface area contributed by atoms with Crippen LogP contribution >= 0.6 is 11.6 Å². The van der Waals surface area contributed by atoms with Crippen molar-refractivity contribution in [1.82, 2.24) is 9.66 Å². The van der Waals surface area contributed by atoms with Crippen molar-refractivity contribution < 1.29 is 14.5 Å². The maximum absolute atomic E-state index is 13.5. The number of hydrogen-bond acceptors (Lipinski definition) is 7. The van der Waals surface area contributed by atoms with Crippen LogP contribution in [0.15, 0.2) is 101 Å². The number of amides is 1. The second-order valence-electron chi connectivity index (χ2n) is 8.93. The van der Waals surface area contributed by atoms with Crippen molar-refractivity contribution in [2.24, 2.45) is 5.10 Å². The highest BCUT2D eigenvalue weighted by Gasteiger charge is 2.22. The van der Waals surface area contributed by atoms with Gasteiger partial charge < -0.3 is 10.1 Å². The number of carbonyl (C=O) groups is 1. The van der Waals surface area contributed by atoms with E-state index in [-0.39, 0.29) is 22.2 Å². The second-order valence-corrected chi connectivity index (χ2v) is 9.37. The number of hydrogen-bond donors (Lipinski definition) is 1. The molecule has 0 saturated heterocycles. The molecule has 1 heterocycles. The summed E-state index contributed by atoms with van der Waals surface area (Å²) in [6, 6.07) is 25.6. The Bertz CT molecular complexity index is 1870. The predicted octanol–water partition coefficient (Wildman–Crippen LogP) is 5.83. The molecule has 0 aliphatic carbocycles. The predicted molar refractivity (Wildman–Crippen MR) is 158 cm³/mol. The minimum absolute atomic E-state index is 0.0436. The molecule has 41 heavy (non-hydrogen) atoms. The van der Waals surface area contributed by atoms with Gasteiger partial charge >= 0.3 is 5.69 Å². The first-order valence-corrected chi connectivity index (χ1v) is 12.8. The number of nitrogens with one attached hydrogen (secondary N) is 1. The summed E-state index contributed by atoms with van der Waals surface area (Å²) in [5, 5.41) is 19.3. The fraction of sp³-hybridized carbons (Fsp3) is 0.0667. The number of aryl methyl sites for hydroxylation is 1. The summed E-state index contributed by atoms with van der Waals surface area (Å²) < 4.78 is 6.77. The zero-order chi connectivity index (χ0) is 28.9. The number of nitro benzene ring substituents is 1. The number of ether oxygens (including phenoxy) is 1. The van der Waals surface area contributed by atoms with Crippen molar-refractivity contribution in [3.8, 4) is 17.1 Å². The molecule has 10 nitrogen and oxygen atoms in total. The van der Waals surface area contributed by atoms with Crippen LogP contribution in [-0.2, 0) is 4.79 Å². The Morgan fingerprint density at radius 3 is 2.54 bits per heavy atom. The Balaban J connectivity index is 1.55. The van der Waals surface area contributed by atoms with E-state index < -0.39 is 28.7 Å². The molecule has 204 valence electrons. The van der Waals surface area contributed by atoms with E-state index in [2.05, 4.69) is 15.4 Å². The lowest BCUT2D eigenvalue weighted by Crippen LogP contribution is -2.22. The molecule has 0 aliphatic heterocycles. The van der Waals surface area contributed by atoms with Gasteiger partial charge in [-0.25, -0.2) is 4.98 Å². The number of benzene rings is 4. The molecule has 0 aliphatic rings. The van der Waals surface area contributed by atoms with Crippen LogP contribution in [0.5, 0.6) is 5.75 Å². The molecule has 0 fully saturated rings. The monoisotopic (exact) mass is 567 g/mol. The SMILES string of the molecule is Cc1ccccc1NC(=O)COc1c(C=Nn2c(-c3ccccc3)nc3ccccc3c2=O)cc(Cl)cc1[N+](=O)[O-]. The van der Waals surface area contributed by atoms with Crippen molar-refractivity contribution in [3.05, 3.63) is 128 Å². The average Bonchev–Trinajstić information content (AvgIpc) is 2.97. The van der Waals surface area contributed by atoms with Gasteiger partial charge in [0.25, 0.3) is 11.5 Å². The smallest absolute Gasteiger partial charge is 0.313 e. The maximum atomic E-state index is 13.5. The van der Waals surface area contributed by atoms with Gasteiger partial charge in [-0.3, -0.25) is 19.7 Å². The third-order valence-corrected chi connectivity index (χ3v) is 6.34. The lowest BCUT2D eigenvalue weighted by molar-refractivity contribution is -0.385. The van der Waals surface area contributed by atoms with E-state index in [1.807, 2.05) is 25.1 Å². The van der Waals surface area contributed by atoms with Crippen molar-refractivity contribution in [3.63, 3.8) is 0 Å². The Hall–Kier alpha value is -5.35. The number of fused-ring (bicyclic) bond motifs is 1. The Kier molecular flexibility index (Phi) is 7.84. The number of para-hydroxylation sites is 2. The standard InChI is InChI=1S/C30H22ClN5O5/c1-19-9-5-7-13-24(19)33-27(37)18-41-28-21(15-22(31)16-26(28)36(39)40)17-32-35-29(20-10-3-2-4-11-20)34-25-14-8-6-12-23(25)30(35)38/h2-17H,18H2,1H3,(H,33,37). The molecule has 0 saturated carbocycles. The van der Waals surface area contributed by atoms with E-state index in [1.54, 1.807) is 60.7 Å². The minimum atomic E-state index is -0.670. The minimum Gasteiger partial charge on any atom is -0.476 e. The summed E-state index contributed by atoms with van der Waals surface area (Å²) in [4.78, 5) is 42.0. The van der Waals surface area contributed by atoms with Gasteiger partial charge in [-0.15, -0.1) is 0 Å². The molecule has 0 atom stereocenters. The van der Waals surface area contributed by atoms with Crippen molar-refractivity contribution >= 4 is 46.0 Å². The Labute approximate surface area is 238 Å². The first-order chi connectivity index (χ1) is 19.8. The van der Waals surface area contributed by atoms with E-state index in [0.29, 0.717) is 22.2 Å². The highest BCUT2D eigenvalue weighted by atomic mass is 35.5. The Morgan fingerprint density at radius 2 is 1.78 bits per heavy atom. The average molecular weight is 568 g/mol. The van der Waals surface area contributed by atoms with Crippen molar-refractivity contribution in [2.75, 3.05) is 11.9 Å². The summed E-state index contributed by atoms with van der Waals surface area (Å²) in [6.45, 7) is 1.31. The van der Waals surface area contributed by atoms with Crippen LogP contribution in [0.2, 0.25) is 5.02 Å². The highest BCUT2D eigenvalue weighted by Crippen LogP contribution is 2.34. The number of carbonyl (C=O) groups excluding carboxylic acids is 1. The molecule has 5 rings (SSSR count). The molecule has 0 bridgehead atoms. The second kappa shape index (κ2) is 11.8. The van der Waals surface area contributed by atoms with Gasteiger partial charge in [-0.05, 0) is 36.8 Å². The van der Waals surface area contributed by atoms with Gasteiger partial charge in [0.1, 0.15) is 0 Å². The number of aromatic nitrogens is 2. The van der Waals surface area contributed by atoms with Crippen LogP contribution in [0.1, 0.15) is 11.1 Å². The molecule has 11 heteroatoms. The summed E-state index contributed by atoms with van der Waals surface area (Å²) in [5.74, 6) is -0.485. The molecular weight excluding hydrogens is 546 g/mol. The summed E-state index contributed by atoms with van der Waals surface area (Å²) >= 11 is 6.19. The molecule has 5 aromatic rings. The van der Waals surface area contributed by atoms with Crippen molar-refractivity contribution in [1.29, 1.82) is 0 Å². The fourth-order valence-corrected chi connectivity index (χ4v) is 4.37. The fourth-order valence-electron chi connectivity index (χ4n) is 4.15. The lowest BCUT2D eigenvalue weighted by Gasteiger charge is -2.12. The number of anilines is 1. The van der Waals surface area contributed by atoms with Crippen LogP contribution in [-0.4, -0.2) is 33.3 Å². The van der Waals surface area contributed by atoms with E-state index >= 15 is 0 Å². The van der Waals surface area contributed by atoms with Crippen LogP contribution in [0, 0.1) is 17.0 Å². The van der Waals surface area contributed by atoms with Crippen LogP contribution in [0.3, 0.4) is 0 Å². The third-order valence-electron chi connectivity index (χ3n) is 6.12. The topological polar surface area (TPSA) is 129 Å². The number of rotatable bonds is 8. The highest BCUT2D eigenvalue weighted by molar-refractivity contribution is 6.31. The zero-order valence-electron chi connectivity index (χ0n) is 21.7. The maximum Gasteiger partial charge on any atom is 0.313 e. The first kappa shape index (κ1) is 27.2. The molecule has 4 aromatic carbocycles. The van der Waals surface area contributed by atoms with Crippen LogP contribution in [0.25, 0.3) is 22.3 Å². The normalized spacial score (nSPS) is 11.1. The number of nitro groups is 1. The molecule has 1 aromatic heterocycles. The van der Waals surface area contributed by atoms with Gasteiger partial charge in [0.15, 0.2) is 12.4 Å². The van der Waals surface area contributed by atoms with Crippen LogP contribution < -0.4 is 15.6 Å². The van der Waals surface area contributed by atoms with Crippen molar-refractivity contribution in [2.45, 2.75) is 6.92 Å². The number of nitrogens with zero attached hydrogens (tertiary/aromatic N) is 4. The van der Waals surface area contributed by atoms with Gasteiger partial charge in [-0.2, -0.15) is 9.78 Å². The third kappa shape index (κ3) is 5.97. The van der Waals surface area contributed by atoms with E-state index in [9.17, 15) is 19.7 Å². The lowest BCUT2D eigenvalue weighted by atomic mass is 10.2. The van der Waals surface area contributed by atoms with Gasteiger partial charge in [0, 0.05) is 27.9 Å². The molecule has 1 N–H and O–H groups in total. The molecule has 0 radical (unpaired) electrons. The summed E-state index contributed by atoms with van der Waals surface area (Å²) in [6.07, 6.45) is 1.22. The van der Waals surface area contributed by atoms with Crippen LogP contribution in [0.4, 0.5) is 11.4 Å². The first-order valence-electron chi connectivity index (χ1n) is 12.4. The van der Waals surface area contributed by atoms with Gasteiger partial charge in [0.2, 0.25) is 5.75 Å². The quantitative estimate of drug-likeness (QED) is 0.143. The number of halogens is 1. The van der Waals surface area contributed by atoms with E-state index in [4.69, 9.17) is 16.3 Å². The van der Waals surface area contributed by atoms with Gasteiger partial charge in [0.05, 0.1) is 22.0 Å². The van der Waals surface area contributed by atoms with Gasteiger partial charge in [-0.1, -0.05) is 72.3 Å². The summed E-state index contributed by atoms with van der Waals surface area (Å²) in [7, 11) is 0. The van der Waals surface area contributed by atoms with E-state index in [1.165, 1.54) is 12.3 Å². The molecule has 0 unspecified atom stereocenters.